The molecule has 1 N–H and O–H groups in total. The molecule has 1 spiro atoms. The average molecular weight is 844 g/mol. The van der Waals surface area contributed by atoms with Gasteiger partial charge in [-0.05, 0) is 94.4 Å². The number of rotatable bonds is 11. The van der Waals surface area contributed by atoms with Crippen LogP contribution in [0.4, 0.5) is 8.78 Å². The van der Waals surface area contributed by atoms with Gasteiger partial charge < -0.3 is 38.4 Å². The molecule has 2 saturated heterocycles. The van der Waals surface area contributed by atoms with E-state index in [2.05, 4.69) is 24.8 Å². The molecule has 0 radical (unpaired) electrons. The van der Waals surface area contributed by atoms with Crippen LogP contribution < -0.4 is 23.7 Å². The van der Waals surface area contributed by atoms with Gasteiger partial charge in [0.2, 0.25) is 11.8 Å². The molecule has 2 aromatic heterocycles. The topological polar surface area (TPSA) is 130 Å². The maximum atomic E-state index is 15.1. The van der Waals surface area contributed by atoms with Gasteiger partial charge in [0.05, 0.1) is 55.8 Å². The van der Waals surface area contributed by atoms with Gasteiger partial charge in [0.1, 0.15) is 12.7 Å². The normalized spacial score (nSPS) is 16.2. The Kier molecular flexibility index (Phi) is 11.4. The molecule has 14 heteroatoms. The fourth-order valence-corrected chi connectivity index (χ4v) is 8.50. The molecular formula is C48H47F2N5O7. The highest BCUT2D eigenvalue weighted by atomic mass is 19.1. The fourth-order valence-electron chi connectivity index (χ4n) is 8.50. The predicted molar refractivity (Wildman–Crippen MR) is 231 cm³/mol. The van der Waals surface area contributed by atoms with Crippen molar-refractivity contribution in [3.05, 3.63) is 106 Å². The van der Waals surface area contributed by atoms with Crippen LogP contribution in [0.1, 0.15) is 55.4 Å². The number of benzene rings is 4. The first-order chi connectivity index (χ1) is 30.1. The third kappa shape index (κ3) is 8.19. The Bertz CT molecular complexity index is 2750. The second-order valence-electron chi connectivity index (χ2n) is 16.4. The van der Waals surface area contributed by atoms with Gasteiger partial charge in [0, 0.05) is 35.2 Å². The molecule has 0 saturated carbocycles. The number of phenols is 1. The van der Waals surface area contributed by atoms with E-state index in [0.717, 1.165) is 74.4 Å². The minimum Gasteiger partial charge on any atom is -0.504 e. The summed E-state index contributed by atoms with van der Waals surface area (Å²) in [5, 5.41) is 11.0. The molecular weight excluding hydrogens is 797 g/mol. The number of halogens is 2. The van der Waals surface area contributed by atoms with Crippen molar-refractivity contribution in [2.45, 2.75) is 46.0 Å². The maximum Gasteiger partial charge on any atom is 0.230 e. The number of hydrogen-bond acceptors (Lipinski definition) is 12. The number of likely N-dealkylation sites (tertiary alicyclic amines) is 1. The predicted octanol–water partition coefficient (Wildman–Crippen LogP) is 9.65. The Balaban J connectivity index is 0.000000171. The highest BCUT2D eigenvalue weighted by Gasteiger charge is 2.41. The van der Waals surface area contributed by atoms with E-state index in [9.17, 15) is 9.50 Å². The number of nitrogens with zero attached hydrogens (tertiary/aromatic N) is 5. The van der Waals surface area contributed by atoms with Crippen LogP contribution in [0, 0.1) is 17.0 Å². The molecule has 4 aromatic carbocycles. The number of allylic oxidation sites excluding steroid dienone is 2. The van der Waals surface area contributed by atoms with Gasteiger partial charge >= 0.3 is 0 Å². The van der Waals surface area contributed by atoms with E-state index in [1.807, 2.05) is 44.2 Å². The van der Waals surface area contributed by atoms with Crippen molar-refractivity contribution in [1.29, 1.82) is 0 Å². The van der Waals surface area contributed by atoms with Crippen molar-refractivity contribution < 1.29 is 42.3 Å². The van der Waals surface area contributed by atoms with Crippen molar-refractivity contribution in [1.82, 2.24) is 24.8 Å². The number of piperidine rings is 1. The Morgan fingerprint density at radius 3 is 1.77 bits per heavy atom. The zero-order chi connectivity index (χ0) is 43.0. The number of methoxy groups -OCH3 is 2. The largest absolute Gasteiger partial charge is 0.504 e. The van der Waals surface area contributed by atoms with Gasteiger partial charge in [0.25, 0.3) is 0 Å². The Hall–Kier alpha value is -6.38. The lowest BCUT2D eigenvalue weighted by molar-refractivity contribution is -0.139. The van der Waals surface area contributed by atoms with Crippen LogP contribution in [0.25, 0.3) is 34.0 Å². The summed E-state index contributed by atoms with van der Waals surface area (Å²) in [5.74, 6) is 1.31. The van der Waals surface area contributed by atoms with E-state index < -0.39 is 5.82 Å². The zero-order valence-corrected chi connectivity index (χ0v) is 35.1. The van der Waals surface area contributed by atoms with Crippen molar-refractivity contribution in [2.75, 3.05) is 53.7 Å². The minimum absolute atomic E-state index is 0.0380. The number of aromatic nitrogens is 4. The van der Waals surface area contributed by atoms with E-state index in [-0.39, 0.29) is 40.6 Å². The number of fused-ring (bicyclic) bond motifs is 4. The zero-order valence-electron chi connectivity index (χ0n) is 35.1. The molecule has 6 aromatic rings. The Morgan fingerprint density at radius 1 is 0.694 bits per heavy atom. The van der Waals surface area contributed by atoms with Gasteiger partial charge in [-0.15, -0.1) is 0 Å². The summed E-state index contributed by atoms with van der Waals surface area (Å²) >= 11 is 0. The molecule has 12 nitrogen and oxygen atoms in total. The van der Waals surface area contributed by atoms with Gasteiger partial charge in [-0.3, -0.25) is 0 Å². The molecule has 0 unspecified atom stereocenters. The summed E-state index contributed by atoms with van der Waals surface area (Å²) in [6.07, 6.45) is 11.3. The van der Waals surface area contributed by atoms with Gasteiger partial charge in [-0.25, -0.2) is 28.7 Å². The van der Waals surface area contributed by atoms with Crippen molar-refractivity contribution in [3.63, 3.8) is 0 Å². The minimum atomic E-state index is -0.410. The van der Waals surface area contributed by atoms with Crippen LogP contribution in [0.15, 0.2) is 72.3 Å². The first-order valence-corrected chi connectivity index (χ1v) is 20.7. The third-order valence-electron chi connectivity index (χ3n) is 12.0. The summed E-state index contributed by atoms with van der Waals surface area (Å²) < 4.78 is 63.8. The number of aromatic hydroxyl groups is 1. The lowest BCUT2D eigenvalue weighted by atomic mass is 9.77. The van der Waals surface area contributed by atoms with Gasteiger partial charge in [-0.1, -0.05) is 35.4 Å². The smallest absolute Gasteiger partial charge is 0.230 e. The second kappa shape index (κ2) is 17.2. The monoisotopic (exact) mass is 843 g/mol. The molecule has 4 aliphatic rings. The summed E-state index contributed by atoms with van der Waals surface area (Å²) in [6.45, 7) is 9.67. The number of phenolic OH excluding ortho intramolecular Hbond substituents is 1. The van der Waals surface area contributed by atoms with Crippen LogP contribution in [0.2, 0.25) is 0 Å². The lowest BCUT2D eigenvalue weighted by Gasteiger charge is -2.47. The van der Waals surface area contributed by atoms with Crippen LogP contribution in [0.3, 0.4) is 0 Å². The molecule has 2 aliphatic heterocycles. The molecule has 0 amide bonds. The second-order valence-corrected chi connectivity index (χ2v) is 16.4. The lowest BCUT2D eigenvalue weighted by Crippen LogP contribution is -2.51. The maximum absolute atomic E-state index is 15.1. The first kappa shape index (κ1) is 41.0. The number of hydrogen-bond donors (Lipinski definition) is 1. The van der Waals surface area contributed by atoms with E-state index in [1.54, 1.807) is 31.4 Å². The first-order valence-electron chi connectivity index (χ1n) is 20.7. The molecule has 4 heterocycles. The molecule has 0 atom stereocenters. The molecule has 2 aliphatic carbocycles. The summed E-state index contributed by atoms with van der Waals surface area (Å²) in [4.78, 5) is 19.4. The van der Waals surface area contributed by atoms with E-state index in [1.165, 1.54) is 38.7 Å². The van der Waals surface area contributed by atoms with Crippen molar-refractivity contribution in [3.8, 4) is 46.3 Å². The average Bonchev–Trinajstić information content (AvgIpc) is 3.85. The SMILES string of the molecule is COc1cc2c(Oc3ccc4c(c3F)C=C(C)C4)ncnc2cc1O.COc1cc2c(Oc3ccc4c(c3F)C=C(C)C4)ncnc2cc1OCCCN1CCC2(CC1)COC2. The molecule has 2 fully saturated rings. The highest BCUT2D eigenvalue weighted by Crippen LogP contribution is 2.41. The third-order valence-corrected chi connectivity index (χ3v) is 12.0. The van der Waals surface area contributed by atoms with Crippen LogP contribution >= 0.6 is 0 Å². The standard InChI is InChI=1S/C29H32FN3O4.C19H15FN2O3/c1-19-12-20-4-5-24(27(30)21(20)13-19)37-28-22-14-25(34-2)26(15-23(22)31-18-32-28)36-11-3-8-33-9-6-29(7-10-33)16-35-17-29;1-10-5-11-3-4-16(18(20)12(11)6-10)25-19-13-7-17(24-2)15(23)8-14(13)21-9-22-19/h4-5,13-15,18H,3,6-12,16-17H2,1-2H3;3-4,6-9,23H,5H2,1-2H3. The van der Waals surface area contributed by atoms with Crippen LogP contribution in [0.5, 0.6) is 46.3 Å². The van der Waals surface area contributed by atoms with Gasteiger partial charge in [-0.2, -0.15) is 0 Å². The van der Waals surface area contributed by atoms with E-state index in [4.69, 9.17) is 28.4 Å². The molecule has 320 valence electrons. The quantitative estimate of drug-likeness (QED) is 0.125. The van der Waals surface area contributed by atoms with Crippen molar-refractivity contribution >= 4 is 34.0 Å². The Morgan fingerprint density at radius 2 is 1.24 bits per heavy atom. The van der Waals surface area contributed by atoms with E-state index in [0.29, 0.717) is 56.5 Å². The number of ether oxygens (including phenoxy) is 6. The molecule has 0 bridgehead atoms. The van der Waals surface area contributed by atoms with Crippen molar-refractivity contribution in [2.24, 2.45) is 5.41 Å². The molecule has 10 rings (SSSR count). The summed E-state index contributed by atoms with van der Waals surface area (Å²) in [7, 11) is 3.04. The van der Waals surface area contributed by atoms with Gasteiger partial charge in [0.15, 0.2) is 46.1 Å². The van der Waals surface area contributed by atoms with E-state index >= 15 is 4.39 Å². The van der Waals surface area contributed by atoms with Crippen LogP contribution in [-0.4, -0.2) is 83.6 Å². The molecule has 62 heavy (non-hydrogen) atoms. The van der Waals surface area contributed by atoms with Crippen LogP contribution in [-0.2, 0) is 17.6 Å². The fraction of sp³-hybridized carbons (Fsp3) is 0.333. The highest BCUT2D eigenvalue weighted by molar-refractivity contribution is 5.88. The Labute approximate surface area is 357 Å². The summed E-state index contributed by atoms with van der Waals surface area (Å²) in [5.41, 5.74) is 6.87. The summed E-state index contributed by atoms with van der Waals surface area (Å²) in [6, 6.07) is 13.7.